The Morgan fingerprint density at radius 3 is 2.63 bits per heavy atom. The maximum Gasteiger partial charge on any atom is 0.217 e. The standard InChI is InChI=1S/C20H23FN2O3S/c21-17-5-7-18(8-6-17)26-13-14-27(24,25)23-12-11-22-10-9-16-3-1-2-4-19(16)20(22)15-23/h1-8,20H,9-15H2. The highest BCUT2D eigenvalue weighted by Gasteiger charge is 2.36. The fourth-order valence-corrected chi connectivity index (χ4v) is 5.17. The van der Waals surface area contributed by atoms with Crippen molar-refractivity contribution in [1.29, 1.82) is 0 Å². The predicted molar refractivity (Wildman–Crippen MR) is 102 cm³/mol. The summed E-state index contributed by atoms with van der Waals surface area (Å²) in [5.74, 6) is 0.0388. The minimum atomic E-state index is -3.41. The summed E-state index contributed by atoms with van der Waals surface area (Å²) in [6, 6.07) is 14.0. The molecule has 4 rings (SSSR count). The fourth-order valence-electron chi connectivity index (χ4n) is 3.89. The third-order valence-corrected chi connectivity index (χ3v) is 7.15. The van der Waals surface area contributed by atoms with E-state index in [2.05, 4.69) is 17.0 Å². The average Bonchev–Trinajstić information content (AvgIpc) is 2.69. The van der Waals surface area contributed by atoms with Crippen molar-refractivity contribution >= 4 is 10.0 Å². The molecule has 1 unspecified atom stereocenters. The Morgan fingerprint density at radius 1 is 1.04 bits per heavy atom. The van der Waals surface area contributed by atoms with Gasteiger partial charge in [-0.1, -0.05) is 24.3 Å². The monoisotopic (exact) mass is 390 g/mol. The lowest BCUT2D eigenvalue weighted by atomic mass is 9.91. The van der Waals surface area contributed by atoms with Crippen LogP contribution >= 0.6 is 0 Å². The van der Waals surface area contributed by atoms with Crippen molar-refractivity contribution in [2.75, 3.05) is 38.5 Å². The first-order valence-corrected chi connectivity index (χ1v) is 10.8. The summed E-state index contributed by atoms with van der Waals surface area (Å²) in [6.45, 7) is 2.77. The third-order valence-electron chi connectivity index (χ3n) is 5.35. The van der Waals surface area contributed by atoms with Crippen LogP contribution in [0.1, 0.15) is 17.2 Å². The Balaban J connectivity index is 1.40. The number of sulfonamides is 1. The molecule has 0 aromatic heterocycles. The Hall–Kier alpha value is -1.96. The van der Waals surface area contributed by atoms with Gasteiger partial charge in [0.15, 0.2) is 0 Å². The molecule has 7 heteroatoms. The van der Waals surface area contributed by atoms with Gasteiger partial charge in [-0.3, -0.25) is 4.90 Å². The van der Waals surface area contributed by atoms with Crippen LogP contribution < -0.4 is 4.74 Å². The van der Waals surface area contributed by atoms with Gasteiger partial charge >= 0.3 is 0 Å². The molecule has 2 aliphatic rings. The van der Waals surface area contributed by atoms with E-state index in [0.717, 1.165) is 19.5 Å². The quantitative estimate of drug-likeness (QED) is 0.787. The zero-order valence-electron chi connectivity index (χ0n) is 15.1. The summed E-state index contributed by atoms with van der Waals surface area (Å²) < 4.78 is 45.5. The molecule has 2 aliphatic heterocycles. The van der Waals surface area contributed by atoms with Gasteiger partial charge in [0.05, 0.1) is 5.75 Å². The molecule has 0 spiro atoms. The number of hydrogen-bond donors (Lipinski definition) is 0. The number of hydrogen-bond acceptors (Lipinski definition) is 4. The van der Waals surface area contributed by atoms with Gasteiger partial charge in [-0.2, -0.15) is 4.31 Å². The van der Waals surface area contributed by atoms with Crippen molar-refractivity contribution in [3.63, 3.8) is 0 Å². The van der Waals surface area contributed by atoms with E-state index >= 15 is 0 Å². The molecule has 27 heavy (non-hydrogen) atoms. The van der Waals surface area contributed by atoms with Crippen molar-refractivity contribution in [2.45, 2.75) is 12.5 Å². The second kappa shape index (κ2) is 7.58. The molecule has 1 saturated heterocycles. The Bertz CT molecular complexity index is 902. The zero-order valence-corrected chi connectivity index (χ0v) is 15.9. The fraction of sp³-hybridized carbons (Fsp3) is 0.400. The Morgan fingerprint density at radius 2 is 1.81 bits per heavy atom. The normalized spacial score (nSPS) is 20.7. The SMILES string of the molecule is O=S(=O)(CCOc1ccc(F)cc1)N1CCN2CCc3ccccc3C2C1. The number of rotatable bonds is 5. The average molecular weight is 390 g/mol. The lowest BCUT2D eigenvalue weighted by Gasteiger charge is -2.44. The van der Waals surface area contributed by atoms with E-state index < -0.39 is 10.0 Å². The number of ether oxygens (including phenoxy) is 1. The van der Waals surface area contributed by atoms with Gasteiger partial charge in [0.2, 0.25) is 10.0 Å². The second-order valence-corrected chi connectivity index (χ2v) is 9.07. The molecule has 1 atom stereocenters. The molecule has 1 fully saturated rings. The van der Waals surface area contributed by atoms with Crippen LogP contribution in [0.2, 0.25) is 0 Å². The summed E-state index contributed by atoms with van der Waals surface area (Å²) in [5, 5.41) is 0. The van der Waals surface area contributed by atoms with Gasteiger partial charge in [0.25, 0.3) is 0 Å². The predicted octanol–water partition coefficient (Wildman–Crippen LogP) is 2.45. The summed E-state index contributed by atoms with van der Waals surface area (Å²) in [4.78, 5) is 2.38. The Kier molecular flexibility index (Phi) is 5.16. The molecule has 0 saturated carbocycles. The van der Waals surface area contributed by atoms with E-state index in [1.54, 1.807) is 4.31 Å². The van der Waals surface area contributed by atoms with Crippen LogP contribution in [-0.2, 0) is 16.4 Å². The smallest absolute Gasteiger partial charge is 0.217 e. The van der Waals surface area contributed by atoms with Gasteiger partial charge in [-0.25, -0.2) is 12.8 Å². The van der Waals surface area contributed by atoms with E-state index in [0.29, 0.717) is 18.8 Å². The first-order valence-electron chi connectivity index (χ1n) is 9.21. The van der Waals surface area contributed by atoms with Crippen LogP contribution in [0.25, 0.3) is 0 Å². The molecule has 0 radical (unpaired) electrons. The van der Waals surface area contributed by atoms with Crippen molar-refractivity contribution in [2.24, 2.45) is 0 Å². The minimum absolute atomic E-state index is 0.0510. The minimum Gasteiger partial charge on any atom is -0.492 e. The van der Waals surface area contributed by atoms with Gasteiger partial charge in [-0.05, 0) is 41.8 Å². The maximum atomic E-state index is 12.9. The maximum absolute atomic E-state index is 12.9. The van der Waals surface area contributed by atoms with E-state index in [1.165, 1.54) is 35.4 Å². The molecule has 2 aromatic carbocycles. The highest BCUT2D eigenvalue weighted by Crippen LogP contribution is 2.33. The summed E-state index contributed by atoms with van der Waals surface area (Å²) in [5.41, 5.74) is 2.56. The van der Waals surface area contributed by atoms with Crippen molar-refractivity contribution in [3.8, 4) is 5.75 Å². The first-order chi connectivity index (χ1) is 13.0. The van der Waals surface area contributed by atoms with Crippen molar-refractivity contribution < 1.29 is 17.5 Å². The van der Waals surface area contributed by atoms with E-state index in [-0.39, 0.29) is 24.2 Å². The molecule has 5 nitrogen and oxygen atoms in total. The summed E-state index contributed by atoms with van der Waals surface area (Å²) in [7, 11) is -3.41. The van der Waals surface area contributed by atoms with Gasteiger partial charge in [0, 0.05) is 32.2 Å². The van der Waals surface area contributed by atoms with Gasteiger partial charge in [-0.15, -0.1) is 0 Å². The second-order valence-electron chi connectivity index (χ2n) is 6.98. The van der Waals surface area contributed by atoms with Crippen LogP contribution in [-0.4, -0.2) is 56.2 Å². The van der Waals surface area contributed by atoms with Gasteiger partial charge < -0.3 is 4.74 Å². The molecule has 2 heterocycles. The van der Waals surface area contributed by atoms with Crippen LogP contribution in [0, 0.1) is 5.82 Å². The highest BCUT2D eigenvalue weighted by atomic mass is 32.2. The first kappa shape index (κ1) is 18.4. The van der Waals surface area contributed by atoms with E-state index in [9.17, 15) is 12.8 Å². The molecule has 0 N–H and O–H groups in total. The number of benzene rings is 2. The van der Waals surface area contributed by atoms with E-state index in [4.69, 9.17) is 4.74 Å². The van der Waals surface area contributed by atoms with Crippen LogP contribution in [0.3, 0.4) is 0 Å². The van der Waals surface area contributed by atoms with Crippen LogP contribution in [0.15, 0.2) is 48.5 Å². The zero-order chi connectivity index (χ0) is 18.9. The number of fused-ring (bicyclic) bond motifs is 3. The molecular formula is C20H23FN2O3S. The van der Waals surface area contributed by atoms with Gasteiger partial charge in [0.1, 0.15) is 18.2 Å². The van der Waals surface area contributed by atoms with Crippen LogP contribution in [0.5, 0.6) is 5.75 Å². The third kappa shape index (κ3) is 4.00. The number of nitrogens with zero attached hydrogens (tertiary/aromatic N) is 2. The number of piperazine rings is 1. The van der Waals surface area contributed by atoms with Crippen molar-refractivity contribution in [3.05, 3.63) is 65.5 Å². The molecule has 0 bridgehead atoms. The van der Waals surface area contributed by atoms with Crippen LogP contribution in [0.4, 0.5) is 4.39 Å². The lowest BCUT2D eigenvalue weighted by Crippen LogP contribution is -2.53. The highest BCUT2D eigenvalue weighted by molar-refractivity contribution is 7.89. The molecule has 144 valence electrons. The molecule has 0 aliphatic carbocycles. The molecule has 0 amide bonds. The lowest BCUT2D eigenvalue weighted by molar-refractivity contribution is 0.109. The number of halogens is 1. The topological polar surface area (TPSA) is 49.9 Å². The largest absolute Gasteiger partial charge is 0.492 e. The van der Waals surface area contributed by atoms with Crippen molar-refractivity contribution in [1.82, 2.24) is 9.21 Å². The van der Waals surface area contributed by atoms with E-state index in [1.807, 2.05) is 12.1 Å². The molecular weight excluding hydrogens is 367 g/mol. The summed E-state index contributed by atoms with van der Waals surface area (Å²) >= 11 is 0. The summed E-state index contributed by atoms with van der Waals surface area (Å²) in [6.07, 6.45) is 1.02. The Labute approximate surface area is 159 Å². The molecule has 2 aromatic rings.